The van der Waals surface area contributed by atoms with Gasteiger partial charge >= 0.3 is 5.97 Å². The van der Waals surface area contributed by atoms with E-state index in [1.165, 1.54) is 35.5 Å². The van der Waals surface area contributed by atoms with Gasteiger partial charge in [-0.15, -0.1) is 0 Å². The van der Waals surface area contributed by atoms with Crippen LogP contribution in [0.4, 0.5) is 5.69 Å². The number of hydrogen-bond acceptors (Lipinski definition) is 6. The molecule has 8 nitrogen and oxygen atoms in total. The third-order valence-electron chi connectivity index (χ3n) is 4.78. The monoisotopic (exact) mass is 432 g/mol. The van der Waals surface area contributed by atoms with Gasteiger partial charge in [-0.3, -0.25) is 4.79 Å². The lowest BCUT2D eigenvalue weighted by molar-refractivity contribution is -0.123. The van der Waals surface area contributed by atoms with E-state index >= 15 is 0 Å². The highest BCUT2D eigenvalue weighted by Crippen LogP contribution is 2.22. The van der Waals surface area contributed by atoms with E-state index in [1.807, 2.05) is 0 Å². The first-order valence-electron chi connectivity index (χ1n) is 9.57. The van der Waals surface area contributed by atoms with E-state index in [-0.39, 0.29) is 10.5 Å². The highest BCUT2D eigenvalue weighted by atomic mass is 32.2. The summed E-state index contributed by atoms with van der Waals surface area (Å²) < 4.78 is 37.1. The molecule has 0 bridgehead atoms. The van der Waals surface area contributed by atoms with Gasteiger partial charge in [0.1, 0.15) is 5.75 Å². The van der Waals surface area contributed by atoms with Crippen molar-refractivity contribution < 1.29 is 27.5 Å². The zero-order valence-electron chi connectivity index (χ0n) is 16.8. The first-order chi connectivity index (χ1) is 14.3. The van der Waals surface area contributed by atoms with E-state index in [1.54, 1.807) is 31.4 Å². The van der Waals surface area contributed by atoms with E-state index in [9.17, 15) is 18.0 Å². The first kappa shape index (κ1) is 21.8. The normalized spacial score (nSPS) is 15.4. The molecule has 0 radical (unpaired) electrons. The summed E-state index contributed by atoms with van der Waals surface area (Å²) in [5.74, 6) is -0.628. The molecule has 1 heterocycles. The zero-order chi connectivity index (χ0) is 21.7. The van der Waals surface area contributed by atoms with Gasteiger partial charge in [0.25, 0.3) is 5.91 Å². The minimum atomic E-state index is -3.65. The van der Waals surface area contributed by atoms with Gasteiger partial charge in [0.05, 0.1) is 17.6 Å². The van der Waals surface area contributed by atoms with Crippen LogP contribution in [-0.2, 0) is 19.6 Å². The van der Waals surface area contributed by atoms with Crippen molar-refractivity contribution in [2.75, 3.05) is 25.5 Å². The number of anilines is 1. The van der Waals surface area contributed by atoms with Gasteiger partial charge in [-0.25, -0.2) is 13.2 Å². The average Bonchev–Trinajstić information content (AvgIpc) is 3.30. The molecule has 2 aromatic rings. The number of amides is 1. The van der Waals surface area contributed by atoms with E-state index < -0.39 is 28.0 Å². The molecule has 1 unspecified atom stereocenters. The number of carbonyl (C=O) groups excluding carboxylic acids is 2. The van der Waals surface area contributed by atoms with Crippen LogP contribution in [0.3, 0.4) is 0 Å². The number of methoxy groups -OCH3 is 1. The minimum absolute atomic E-state index is 0.0363. The fourth-order valence-electron chi connectivity index (χ4n) is 3.06. The first-order valence-corrected chi connectivity index (χ1v) is 11.0. The van der Waals surface area contributed by atoms with E-state index in [0.29, 0.717) is 24.5 Å². The number of carbonyl (C=O) groups is 2. The fourth-order valence-corrected chi connectivity index (χ4v) is 4.62. The van der Waals surface area contributed by atoms with Crippen LogP contribution in [0.15, 0.2) is 53.4 Å². The lowest BCUT2D eigenvalue weighted by atomic mass is 10.2. The Kier molecular flexibility index (Phi) is 6.73. The highest BCUT2D eigenvalue weighted by molar-refractivity contribution is 7.89. The van der Waals surface area contributed by atoms with Crippen LogP contribution in [0.1, 0.15) is 30.1 Å². The van der Waals surface area contributed by atoms with Crippen molar-refractivity contribution in [2.45, 2.75) is 30.8 Å². The largest absolute Gasteiger partial charge is 0.497 e. The molecule has 160 valence electrons. The summed E-state index contributed by atoms with van der Waals surface area (Å²) in [4.78, 5) is 24.8. The van der Waals surface area contributed by atoms with Crippen LogP contribution >= 0.6 is 0 Å². The van der Waals surface area contributed by atoms with Gasteiger partial charge in [-0.2, -0.15) is 4.31 Å². The molecule has 1 N–H and O–H groups in total. The Morgan fingerprint density at radius 3 is 2.37 bits per heavy atom. The van der Waals surface area contributed by atoms with Gasteiger partial charge in [0, 0.05) is 18.8 Å². The van der Waals surface area contributed by atoms with E-state index in [0.717, 1.165) is 12.8 Å². The standard InChI is InChI=1S/C21H24N2O6S/c1-15(20(24)22-17-8-10-18(28-2)11-9-17)29-21(25)16-6-5-7-19(14-16)30(26,27)23-12-3-4-13-23/h5-11,14-15H,3-4,12-13H2,1-2H3,(H,22,24). The molecule has 1 fully saturated rings. The third-order valence-corrected chi connectivity index (χ3v) is 6.68. The maximum absolute atomic E-state index is 12.7. The molecule has 1 amide bonds. The molecule has 3 rings (SSSR count). The number of nitrogens with one attached hydrogen (secondary N) is 1. The lowest BCUT2D eigenvalue weighted by Crippen LogP contribution is -2.30. The summed E-state index contributed by atoms with van der Waals surface area (Å²) >= 11 is 0. The van der Waals surface area contributed by atoms with Crippen molar-refractivity contribution in [2.24, 2.45) is 0 Å². The molecule has 0 spiro atoms. The Bertz CT molecular complexity index is 1010. The third kappa shape index (κ3) is 4.98. The Hall–Kier alpha value is -2.91. The number of rotatable bonds is 7. The number of hydrogen-bond donors (Lipinski definition) is 1. The smallest absolute Gasteiger partial charge is 0.338 e. The number of benzene rings is 2. The Labute approximate surface area is 175 Å². The summed E-state index contributed by atoms with van der Waals surface area (Å²) in [7, 11) is -2.11. The van der Waals surface area contributed by atoms with Crippen molar-refractivity contribution in [3.63, 3.8) is 0 Å². The SMILES string of the molecule is COc1ccc(NC(=O)C(C)OC(=O)c2cccc(S(=O)(=O)N3CCCC3)c2)cc1. The van der Waals surface area contributed by atoms with E-state index in [4.69, 9.17) is 9.47 Å². The predicted octanol–water partition coefficient (Wildman–Crippen LogP) is 2.66. The van der Waals surface area contributed by atoms with Crippen LogP contribution < -0.4 is 10.1 Å². The lowest BCUT2D eigenvalue weighted by Gasteiger charge is -2.16. The van der Waals surface area contributed by atoms with Crippen LogP contribution in [-0.4, -0.2) is 50.9 Å². The molecular formula is C21H24N2O6S. The number of ether oxygens (including phenoxy) is 2. The summed E-state index contributed by atoms with van der Waals surface area (Å²) in [6.45, 7) is 2.39. The van der Waals surface area contributed by atoms with Gasteiger partial charge in [-0.1, -0.05) is 6.07 Å². The van der Waals surface area contributed by atoms with Crippen LogP contribution in [0.2, 0.25) is 0 Å². The molecule has 1 aliphatic rings. The minimum Gasteiger partial charge on any atom is -0.497 e. The van der Waals surface area contributed by atoms with Crippen molar-refractivity contribution in [3.8, 4) is 5.75 Å². The molecule has 2 aromatic carbocycles. The van der Waals surface area contributed by atoms with Crippen LogP contribution in [0.25, 0.3) is 0 Å². The van der Waals surface area contributed by atoms with Gasteiger partial charge in [0.15, 0.2) is 6.10 Å². The molecule has 9 heteroatoms. The van der Waals surface area contributed by atoms with Crippen molar-refractivity contribution in [1.82, 2.24) is 4.31 Å². The molecule has 0 aromatic heterocycles. The van der Waals surface area contributed by atoms with Crippen LogP contribution in [0.5, 0.6) is 5.75 Å². The second kappa shape index (κ2) is 9.27. The summed E-state index contributed by atoms with van der Waals surface area (Å²) in [6, 6.07) is 12.4. The van der Waals surface area contributed by atoms with Crippen molar-refractivity contribution in [1.29, 1.82) is 0 Å². The Morgan fingerprint density at radius 1 is 1.07 bits per heavy atom. The van der Waals surface area contributed by atoms with Crippen molar-refractivity contribution in [3.05, 3.63) is 54.1 Å². The van der Waals surface area contributed by atoms with E-state index in [2.05, 4.69) is 5.32 Å². The molecule has 0 saturated carbocycles. The molecular weight excluding hydrogens is 408 g/mol. The van der Waals surface area contributed by atoms with Crippen molar-refractivity contribution >= 4 is 27.6 Å². The zero-order valence-corrected chi connectivity index (χ0v) is 17.6. The topological polar surface area (TPSA) is 102 Å². The van der Waals surface area contributed by atoms with Crippen LogP contribution in [0, 0.1) is 0 Å². The van der Waals surface area contributed by atoms with Gasteiger partial charge in [0.2, 0.25) is 10.0 Å². The molecule has 1 aliphatic heterocycles. The quantitative estimate of drug-likeness (QED) is 0.675. The average molecular weight is 432 g/mol. The Morgan fingerprint density at radius 2 is 1.73 bits per heavy atom. The summed E-state index contributed by atoms with van der Waals surface area (Å²) in [5.41, 5.74) is 0.599. The maximum atomic E-state index is 12.7. The Balaban J connectivity index is 1.65. The summed E-state index contributed by atoms with van der Waals surface area (Å²) in [6.07, 6.45) is 0.572. The maximum Gasteiger partial charge on any atom is 0.338 e. The number of nitrogens with zero attached hydrogens (tertiary/aromatic N) is 1. The fraction of sp³-hybridized carbons (Fsp3) is 0.333. The second-order valence-electron chi connectivity index (χ2n) is 6.90. The molecule has 1 atom stereocenters. The molecule has 1 saturated heterocycles. The molecule has 0 aliphatic carbocycles. The van der Waals surface area contributed by atoms with Gasteiger partial charge in [-0.05, 0) is 62.2 Å². The summed E-state index contributed by atoms with van der Waals surface area (Å²) in [5, 5.41) is 2.65. The number of sulfonamides is 1. The second-order valence-corrected chi connectivity index (χ2v) is 8.84. The number of esters is 1. The van der Waals surface area contributed by atoms with Gasteiger partial charge < -0.3 is 14.8 Å². The molecule has 30 heavy (non-hydrogen) atoms. The predicted molar refractivity (Wildman–Crippen MR) is 111 cm³/mol. The highest BCUT2D eigenvalue weighted by Gasteiger charge is 2.28.